The lowest BCUT2D eigenvalue weighted by molar-refractivity contribution is -0.123. The zero-order chi connectivity index (χ0) is 16.4. The van der Waals surface area contributed by atoms with Gasteiger partial charge in [-0.05, 0) is 49.8 Å². The van der Waals surface area contributed by atoms with Crippen molar-refractivity contribution < 1.29 is 19.0 Å². The standard InChI is InChI=1S/C17H23FN2O3.ClH/c1-10(20-17(22)15-7-13(21)8-19-15)12-4-5-16(14(18)6-12)23-9-11-2-3-11;/h4-6,10-11,13,15,19,21H,2-3,7-9H2,1H3,(H,20,22);1H. The summed E-state index contributed by atoms with van der Waals surface area (Å²) in [5.41, 5.74) is 0.688. The Morgan fingerprint density at radius 1 is 1.50 bits per heavy atom. The summed E-state index contributed by atoms with van der Waals surface area (Å²) < 4.78 is 19.6. The van der Waals surface area contributed by atoms with Gasteiger partial charge in [-0.2, -0.15) is 0 Å². The zero-order valence-corrected chi connectivity index (χ0v) is 14.4. The summed E-state index contributed by atoms with van der Waals surface area (Å²) in [6, 6.07) is 4.09. The summed E-state index contributed by atoms with van der Waals surface area (Å²) in [5, 5.41) is 15.3. The van der Waals surface area contributed by atoms with Crippen molar-refractivity contribution in [1.82, 2.24) is 10.6 Å². The van der Waals surface area contributed by atoms with Gasteiger partial charge in [0.1, 0.15) is 0 Å². The van der Waals surface area contributed by atoms with E-state index in [9.17, 15) is 14.3 Å². The number of carbonyl (C=O) groups is 1. The van der Waals surface area contributed by atoms with E-state index < -0.39 is 18.0 Å². The number of nitrogens with one attached hydrogen (secondary N) is 2. The fraction of sp³-hybridized carbons (Fsp3) is 0.588. The Morgan fingerprint density at radius 3 is 2.83 bits per heavy atom. The first-order valence-electron chi connectivity index (χ1n) is 8.17. The average Bonchev–Trinajstić information content (AvgIpc) is 3.25. The van der Waals surface area contributed by atoms with Gasteiger partial charge in [0.05, 0.1) is 24.8 Å². The lowest BCUT2D eigenvalue weighted by Gasteiger charge is -2.18. The van der Waals surface area contributed by atoms with Gasteiger partial charge < -0.3 is 20.5 Å². The van der Waals surface area contributed by atoms with E-state index in [-0.39, 0.29) is 30.1 Å². The van der Waals surface area contributed by atoms with E-state index in [0.29, 0.717) is 31.1 Å². The molecule has 2 aliphatic rings. The molecule has 1 aliphatic carbocycles. The van der Waals surface area contributed by atoms with Crippen molar-refractivity contribution in [3.63, 3.8) is 0 Å². The highest BCUT2D eigenvalue weighted by Crippen LogP contribution is 2.30. The number of halogens is 2. The van der Waals surface area contributed by atoms with Gasteiger partial charge in [-0.1, -0.05) is 6.07 Å². The van der Waals surface area contributed by atoms with Crippen LogP contribution < -0.4 is 15.4 Å². The third kappa shape index (κ3) is 4.82. The van der Waals surface area contributed by atoms with Crippen molar-refractivity contribution in [2.24, 2.45) is 5.92 Å². The number of hydrogen-bond donors (Lipinski definition) is 3. The Balaban J connectivity index is 0.00000208. The maximum atomic E-state index is 14.1. The van der Waals surface area contributed by atoms with Crippen molar-refractivity contribution in [1.29, 1.82) is 0 Å². The highest BCUT2D eigenvalue weighted by Gasteiger charge is 2.29. The monoisotopic (exact) mass is 358 g/mol. The number of amides is 1. The molecule has 0 spiro atoms. The van der Waals surface area contributed by atoms with Gasteiger partial charge in [0, 0.05) is 6.54 Å². The van der Waals surface area contributed by atoms with Crippen molar-refractivity contribution in [2.45, 2.75) is 44.4 Å². The number of ether oxygens (including phenoxy) is 1. The molecule has 1 saturated carbocycles. The number of aliphatic hydroxyl groups excluding tert-OH is 1. The van der Waals surface area contributed by atoms with Gasteiger partial charge in [-0.3, -0.25) is 4.79 Å². The summed E-state index contributed by atoms with van der Waals surface area (Å²) >= 11 is 0. The topological polar surface area (TPSA) is 70.6 Å². The SMILES string of the molecule is CC(NC(=O)C1CC(O)CN1)c1ccc(OCC2CC2)c(F)c1.Cl. The summed E-state index contributed by atoms with van der Waals surface area (Å²) in [6.45, 7) is 2.80. The predicted molar refractivity (Wildman–Crippen MR) is 90.8 cm³/mol. The van der Waals surface area contributed by atoms with Crippen LogP contribution in [0.25, 0.3) is 0 Å². The Labute approximate surface area is 147 Å². The van der Waals surface area contributed by atoms with Gasteiger partial charge in [-0.25, -0.2) is 4.39 Å². The van der Waals surface area contributed by atoms with E-state index in [2.05, 4.69) is 10.6 Å². The number of aliphatic hydroxyl groups is 1. The Bertz CT molecular complexity index is 583. The van der Waals surface area contributed by atoms with E-state index >= 15 is 0 Å². The van der Waals surface area contributed by atoms with Crippen LogP contribution in [0.2, 0.25) is 0 Å². The molecule has 1 heterocycles. The second kappa shape index (κ2) is 8.14. The molecular formula is C17H24ClFN2O3. The molecule has 3 rings (SSSR count). The maximum absolute atomic E-state index is 14.1. The quantitative estimate of drug-likeness (QED) is 0.726. The van der Waals surface area contributed by atoms with E-state index in [1.54, 1.807) is 12.1 Å². The van der Waals surface area contributed by atoms with Crippen LogP contribution >= 0.6 is 12.4 Å². The lowest BCUT2D eigenvalue weighted by Crippen LogP contribution is -2.41. The molecule has 0 radical (unpaired) electrons. The number of β-amino-alcohol motifs (C(OH)–C–C–N with tert-alkyl or cyclic N) is 1. The lowest BCUT2D eigenvalue weighted by atomic mass is 10.1. The van der Waals surface area contributed by atoms with Crippen LogP contribution in [0.1, 0.15) is 37.8 Å². The summed E-state index contributed by atoms with van der Waals surface area (Å²) in [6.07, 6.45) is 2.24. The van der Waals surface area contributed by atoms with Crippen LogP contribution in [0.5, 0.6) is 5.75 Å². The minimum absolute atomic E-state index is 0. The number of carbonyl (C=O) groups excluding carboxylic acids is 1. The molecule has 3 atom stereocenters. The average molecular weight is 359 g/mol. The molecule has 5 nitrogen and oxygen atoms in total. The van der Waals surface area contributed by atoms with Crippen molar-refractivity contribution >= 4 is 18.3 Å². The molecule has 3 N–H and O–H groups in total. The first kappa shape index (κ1) is 19.0. The Kier molecular flexibility index (Phi) is 6.43. The molecular weight excluding hydrogens is 335 g/mol. The molecule has 24 heavy (non-hydrogen) atoms. The van der Waals surface area contributed by atoms with Crippen LogP contribution in [-0.2, 0) is 4.79 Å². The summed E-state index contributed by atoms with van der Waals surface area (Å²) in [7, 11) is 0. The Morgan fingerprint density at radius 2 is 2.25 bits per heavy atom. The van der Waals surface area contributed by atoms with Crippen LogP contribution in [-0.4, -0.2) is 36.3 Å². The molecule has 7 heteroatoms. The molecule has 134 valence electrons. The second-order valence-corrected chi connectivity index (χ2v) is 6.52. The highest BCUT2D eigenvalue weighted by atomic mass is 35.5. The fourth-order valence-corrected chi connectivity index (χ4v) is 2.71. The first-order valence-corrected chi connectivity index (χ1v) is 8.17. The molecule has 1 aromatic rings. The molecule has 1 amide bonds. The van der Waals surface area contributed by atoms with Crippen LogP contribution in [0.3, 0.4) is 0 Å². The Hall–Kier alpha value is -1.37. The van der Waals surface area contributed by atoms with Gasteiger partial charge in [0.15, 0.2) is 11.6 Å². The number of hydrogen-bond acceptors (Lipinski definition) is 4. The minimum Gasteiger partial charge on any atom is -0.490 e. The summed E-state index contributed by atoms with van der Waals surface area (Å²) in [4.78, 5) is 12.1. The molecule has 0 aromatic heterocycles. The smallest absolute Gasteiger partial charge is 0.237 e. The summed E-state index contributed by atoms with van der Waals surface area (Å²) in [5.74, 6) is 0.253. The van der Waals surface area contributed by atoms with Crippen molar-refractivity contribution in [3.8, 4) is 5.75 Å². The van der Waals surface area contributed by atoms with Crippen molar-refractivity contribution in [3.05, 3.63) is 29.6 Å². The van der Waals surface area contributed by atoms with E-state index in [0.717, 1.165) is 12.8 Å². The molecule has 3 unspecified atom stereocenters. The highest BCUT2D eigenvalue weighted by molar-refractivity contribution is 5.85. The second-order valence-electron chi connectivity index (χ2n) is 6.52. The van der Waals surface area contributed by atoms with Crippen molar-refractivity contribution in [2.75, 3.05) is 13.2 Å². The predicted octanol–water partition coefficient (Wildman–Crippen LogP) is 1.94. The van der Waals surface area contributed by atoms with Gasteiger partial charge in [0.2, 0.25) is 5.91 Å². The minimum atomic E-state index is -0.485. The van der Waals surface area contributed by atoms with Gasteiger partial charge in [-0.15, -0.1) is 12.4 Å². The molecule has 1 aromatic carbocycles. The fourth-order valence-electron chi connectivity index (χ4n) is 2.71. The number of rotatable bonds is 6. The molecule has 0 bridgehead atoms. The third-order valence-corrected chi connectivity index (χ3v) is 4.41. The van der Waals surface area contributed by atoms with Gasteiger partial charge in [0.25, 0.3) is 0 Å². The largest absolute Gasteiger partial charge is 0.490 e. The van der Waals surface area contributed by atoms with E-state index in [4.69, 9.17) is 4.74 Å². The van der Waals surface area contributed by atoms with Gasteiger partial charge >= 0.3 is 0 Å². The van der Waals surface area contributed by atoms with Crippen LogP contribution in [0.4, 0.5) is 4.39 Å². The van der Waals surface area contributed by atoms with E-state index in [1.807, 2.05) is 6.92 Å². The first-order chi connectivity index (χ1) is 11.0. The molecule has 1 saturated heterocycles. The molecule has 2 fully saturated rings. The van der Waals surface area contributed by atoms with Crippen LogP contribution in [0.15, 0.2) is 18.2 Å². The van der Waals surface area contributed by atoms with Crippen LogP contribution in [0, 0.1) is 11.7 Å². The van der Waals surface area contributed by atoms with E-state index in [1.165, 1.54) is 6.07 Å². The maximum Gasteiger partial charge on any atom is 0.237 e. The third-order valence-electron chi connectivity index (χ3n) is 4.41. The molecule has 1 aliphatic heterocycles. The normalized spacial score (nSPS) is 24.1. The number of benzene rings is 1. The zero-order valence-electron chi connectivity index (χ0n) is 13.6.